The molecule has 0 radical (unpaired) electrons. The van der Waals surface area contributed by atoms with Gasteiger partial charge in [0.15, 0.2) is 0 Å². The lowest BCUT2D eigenvalue weighted by atomic mass is 9.90. The number of carbonyl (C=O) groups is 2. The maximum absolute atomic E-state index is 10.9. The van der Waals surface area contributed by atoms with Crippen molar-refractivity contribution in [1.29, 1.82) is 0 Å². The number of ketones is 1. The summed E-state index contributed by atoms with van der Waals surface area (Å²) in [5.74, 6) is -0.0797. The molecule has 2 nitrogen and oxygen atoms in total. The van der Waals surface area contributed by atoms with Gasteiger partial charge in [0.1, 0.15) is 12.1 Å². The van der Waals surface area contributed by atoms with E-state index in [2.05, 4.69) is 6.58 Å². The Morgan fingerprint density at radius 3 is 2.25 bits per heavy atom. The summed E-state index contributed by atoms with van der Waals surface area (Å²) in [6, 6.07) is 0. The molecule has 0 aromatic carbocycles. The second kappa shape index (κ2) is 4.86. The van der Waals surface area contributed by atoms with E-state index in [1.807, 2.05) is 13.8 Å². The van der Waals surface area contributed by atoms with Crippen molar-refractivity contribution in [2.24, 2.45) is 11.8 Å². The summed E-state index contributed by atoms with van der Waals surface area (Å²) in [4.78, 5) is 21.4. The zero-order chi connectivity index (χ0) is 9.72. The van der Waals surface area contributed by atoms with E-state index in [0.29, 0.717) is 6.42 Å². The molecule has 0 aliphatic heterocycles. The van der Waals surface area contributed by atoms with Gasteiger partial charge in [-0.25, -0.2) is 0 Å². The van der Waals surface area contributed by atoms with E-state index in [1.54, 1.807) is 6.92 Å². The van der Waals surface area contributed by atoms with E-state index in [9.17, 15) is 9.59 Å². The van der Waals surface area contributed by atoms with Gasteiger partial charge in [0.05, 0.1) is 0 Å². The normalized spacial score (nSPS) is 14.9. The van der Waals surface area contributed by atoms with Crippen molar-refractivity contribution in [2.75, 3.05) is 0 Å². The van der Waals surface area contributed by atoms with Gasteiger partial charge in [0.2, 0.25) is 0 Å². The number of Topliss-reactive ketones (excluding diaryl/α,β-unsaturated/α-hetero) is 1. The average molecular weight is 168 g/mol. The Balaban J connectivity index is 4.11. The highest BCUT2D eigenvalue weighted by Gasteiger charge is 2.15. The van der Waals surface area contributed by atoms with Crippen molar-refractivity contribution in [3.8, 4) is 0 Å². The molecule has 0 N–H and O–H groups in total. The monoisotopic (exact) mass is 168 g/mol. The Kier molecular flexibility index (Phi) is 4.49. The molecule has 0 aliphatic rings. The molecule has 2 atom stereocenters. The van der Waals surface area contributed by atoms with Crippen molar-refractivity contribution in [3.05, 3.63) is 12.2 Å². The second-order valence-corrected chi connectivity index (χ2v) is 3.34. The van der Waals surface area contributed by atoms with Crippen molar-refractivity contribution in [2.45, 2.75) is 27.2 Å². The van der Waals surface area contributed by atoms with Crippen LogP contribution in [0.2, 0.25) is 0 Å². The third-order valence-electron chi connectivity index (χ3n) is 2.10. The van der Waals surface area contributed by atoms with Crippen LogP contribution >= 0.6 is 0 Å². The first-order valence-electron chi connectivity index (χ1n) is 4.10. The Hall–Kier alpha value is -0.920. The second-order valence-electron chi connectivity index (χ2n) is 3.34. The van der Waals surface area contributed by atoms with E-state index in [-0.39, 0.29) is 17.6 Å². The van der Waals surface area contributed by atoms with Gasteiger partial charge in [0.25, 0.3) is 0 Å². The maximum Gasteiger partial charge on any atom is 0.132 e. The van der Waals surface area contributed by atoms with E-state index in [0.717, 1.165) is 11.9 Å². The summed E-state index contributed by atoms with van der Waals surface area (Å²) in [6.07, 6.45) is 1.45. The van der Waals surface area contributed by atoms with Gasteiger partial charge in [-0.3, -0.25) is 4.79 Å². The van der Waals surface area contributed by atoms with Crippen LogP contribution in [0.15, 0.2) is 12.2 Å². The van der Waals surface area contributed by atoms with Crippen LogP contribution in [0.3, 0.4) is 0 Å². The highest BCUT2D eigenvalue weighted by atomic mass is 16.1. The fourth-order valence-corrected chi connectivity index (χ4v) is 0.920. The predicted octanol–water partition coefficient (Wildman–Crippen LogP) is 1.99. The van der Waals surface area contributed by atoms with Crippen LogP contribution in [0.5, 0.6) is 0 Å². The largest absolute Gasteiger partial charge is 0.303 e. The van der Waals surface area contributed by atoms with E-state index >= 15 is 0 Å². The number of aldehydes is 1. The lowest BCUT2D eigenvalue weighted by molar-refractivity contribution is -0.120. The van der Waals surface area contributed by atoms with Crippen LogP contribution in [-0.2, 0) is 9.59 Å². The highest BCUT2D eigenvalue weighted by Crippen LogP contribution is 2.17. The fourth-order valence-electron chi connectivity index (χ4n) is 0.920. The van der Waals surface area contributed by atoms with Crippen molar-refractivity contribution in [3.63, 3.8) is 0 Å². The molecule has 2 unspecified atom stereocenters. The third-order valence-corrected chi connectivity index (χ3v) is 2.10. The highest BCUT2D eigenvalue weighted by molar-refractivity contribution is 5.78. The summed E-state index contributed by atoms with van der Waals surface area (Å²) in [5, 5.41) is 0. The quantitative estimate of drug-likeness (QED) is 0.464. The smallest absolute Gasteiger partial charge is 0.132 e. The molecular weight excluding hydrogens is 152 g/mol. The first kappa shape index (κ1) is 11.1. The van der Waals surface area contributed by atoms with E-state index < -0.39 is 0 Å². The zero-order valence-electron chi connectivity index (χ0n) is 7.96. The standard InChI is InChI=1S/C10H16O2/c1-7(2)10(6-11)5-8(3)9(4)12/h6,8,10H,1,5H2,2-4H3. The molecule has 0 rings (SSSR count). The number of carbonyl (C=O) groups excluding carboxylic acids is 2. The molecule has 0 aromatic rings. The van der Waals surface area contributed by atoms with Crippen molar-refractivity contribution >= 4 is 12.1 Å². The SMILES string of the molecule is C=C(C)C(C=O)CC(C)C(C)=O. The third kappa shape index (κ3) is 3.46. The van der Waals surface area contributed by atoms with Crippen LogP contribution in [0.25, 0.3) is 0 Å². The molecule has 12 heavy (non-hydrogen) atoms. The summed E-state index contributed by atoms with van der Waals surface area (Å²) >= 11 is 0. The van der Waals surface area contributed by atoms with Crippen LogP contribution in [-0.4, -0.2) is 12.1 Å². The van der Waals surface area contributed by atoms with E-state index in [1.165, 1.54) is 0 Å². The lowest BCUT2D eigenvalue weighted by Gasteiger charge is -2.13. The van der Waals surface area contributed by atoms with Gasteiger partial charge < -0.3 is 4.79 Å². The minimum absolute atomic E-state index is 0.0445. The zero-order valence-corrected chi connectivity index (χ0v) is 7.96. The maximum atomic E-state index is 10.9. The molecule has 0 fully saturated rings. The van der Waals surface area contributed by atoms with Gasteiger partial charge in [-0.05, 0) is 20.3 Å². The van der Waals surface area contributed by atoms with Crippen LogP contribution < -0.4 is 0 Å². The molecule has 0 amide bonds. The number of hydrogen-bond acceptors (Lipinski definition) is 2. The van der Waals surface area contributed by atoms with E-state index in [4.69, 9.17) is 0 Å². The number of allylic oxidation sites excluding steroid dienone is 1. The molecular formula is C10H16O2. The molecule has 0 heterocycles. The molecule has 68 valence electrons. The first-order chi connectivity index (χ1) is 5.49. The molecule has 0 aromatic heterocycles. The summed E-state index contributed by atoms with van der Waals surface area (Å²) in [5.41, 5.74) is 0.832. The predicted molar refractivity (Wildman–Crippen MR) is 48.8 cm³/mol. The molecule has 0 saturated heterocycles. The topological polar surface area (TPSA) is 34.1 Å². The van der Waals surface area contributed by atoms with Crippen LogP contribution in [0, 0.1) is 11.8 Å². The van der Waals surface area contributed by atoms with Gasteiger partial charge in [-0.2, -0.15) is 0 Å². The van der Waals surface area contributed by atoms with Crippen LogP contribution in [0.1, 0.15) is 27.2 Å². The Morgan fingerprint density at radius 1 is 1.50 bits per heavy atom. The number of rotatable bonds is 5. The minimum atomic E-state index is -0.163. The Morgan fingerprint density at radius 2 is 2.00 bits per heavy atom. The minimum Gasteiger partial charge on any atom is -0.303 e. The summed E-state index contributed by atoms with van der Waals surface area (Å²) < 4.78 is 0. The average Bonchev–Trinajstić information content (AvgIpc) is 1.98. The molecule has 0 spiro atoms. The van der Waals surface area contributed by atoms with Gasteiger partial charge in [0, 0.05) is 11.8 Å². The molecule has 0 bridgehead atoms. The van der Waals surface area contributed by atoms with Gasteiger partial charge >= 0.3 is 0 Å². The van der Waals surface area contributed by atoms with Crippen LogP contribution in [0.4, 0.5) is 0 Å². The van der Waals surface area contributed by atoms with Gasteiger partial charge in [-0.15, -0.1) is 0 Å². The summed E-state index contributed by atoms with van der Waals surface area (Å²) in [6.45, 7) is 8.89. The Bertz CT molecular complexity index is 194. The van der Waals surface area contributed by atoms with Crippen molar-refractivity contribution < 1.29 is 9.59 Å². The lowest BCUT2D eigenvalue weighted by Crippen LogP contribution is -2.14. The fraction of sp³-hybridized carbons (Fsp3) is 0.600. The Labute approximate surface area is 73.7 Å². The van der Waals surface area contributed by atoms with Gasteiger partial charge in [-0.1, -0.05) is 19.1 Å². The molecule has 2 heteroatoms. The molecule has 0 saturated carbocycles. The number of hydrogen-bond donors (Lipinski definition) is 0. The first-order valence-corrected chi connectivity index (χ1v) is 4.10. The molecule has 0 aliphatic carbocycles. The summed E-state index contributed by atoms with van der Waals surface area (Å²) in [7, 11) is 0. The van der Waals surface area contributed by atoms with Crippen molar-refractivity contribution in [1.82, 2.24) is 0 Å².